The predicted octanol–water partition coefficient (Wildman–Crippen LogP) is 4.62. The van der Waals surface area contributed by atoms with E-state index in [2.05, 4.69) is 10.2 Å². The maximum absolute atomic E-state index is 5.92. The first-order chi connectivity index (χ1) is 10.2. The van der Waals surface area contributed by atoms with E-state index in [4.69, 9.17) is 32.4 Å². The molecule has 0 N–H and O–H groups in total. The van der Waals surface area contributed by atoms with Gasteiger partial charge in [0.05, 0.1) is 10.0 Å². The van der Waals surface area contributed by atoms with E-state index in [9.17, 15) is 0 Å². The Hall–Kier alpha value is -2.04. The molecule has 0 bridgehead atoms. The summed E-state index contributed by atoms with van der Waals surface area (Å²) >= 11 is 11.8. The van der Waals surface area contributed by atoms with Gasteiger partial charge in [0.1, 0.15) is 5.75 Å². The van der Waals surface area contributed by atoms with Gasteiger partial charge in [-0.25, -0.2) is 0 Å². The number of rotatable bonds is 4. The molecule has 0 saturated carbocycles. The third-order valence-electron chi connectivity index (χ3n) is 2.74. The molecule has 3 aromatic rings. The Morgan fingerprint density at radius 1 is 0.952 bits per heavy atom. The number of benzene rings is 2. The Kier molecular flexibility index (Phi) is 4.08. The zero-order valence-corrected chi connectivity index (χ0v) is 12.3. The highest BCUT2D eigenvalue weighted by atomic mass is 35.5. The topological polar surface area (TPSA) is 48.2 Å². The number of nitrogens with zero attached hydrogens (tertiary/aromatic N) is 2. The normalized spacial score (nSPS) is 10.6. The minimum atomic E-state index is 0.164. The van der Waals surface area contributed by atoms with Crippen LogP contribution in [0.1, 0.15) is 5.89 Å². The van der Waals surface area contributed by atoms with E-state index in [1.807, 2.05) is 30.3 Å². The van der Waals surface area contributed by atoms with Crippen LogP contribution in [-0.4, -0.2) is 10.2 Å². The van der Waals surface area contributed by atoms with Crippen LogP contribution in [0.15, 0.2) is 52.9 Å². The zero-order valence-electron chi connectivity index (χ0n) is 10.8. The molecule has 4 nitrogen and oxygen atoms in total. The summed E-state index contributed by atoms with van der Waals surface area (Å²) in [6.45, 7) is 0.164. The van der Waals surface area contributed by atoms with Crippen molar-refractivity contribution in [1.29, 1.82) is 0 Å². The van der Waals surface area contributed by atoms with Crippen molar-refractivity contribution >= 4 is 23.2 Å². The molecule has 0 fully saturated rings. The molecule has 0 amide bonds. The van der Waals surface area contributed by atoms with Crippen LogP contribution in [0, 0.1) is 0 Å². The molecular weight excluding hydrogens is 311 g/mol. The summed E-state index contributed by atoms with van der Waals surface area (Å²) in [5, 5.41) is 8.85. The lowest BCUT2D eigenvalue weighted by Crippen LogP contribution is -1.95. The van der Waals surface area contributed by atoms with Crippen molar-refractivity contribution in [3.8, 4) is 17.2 Å². The van der Waals surface area contributed by atoms with E-state index in [1.165, 1.54) is 0 Å². The minimum absolute atomic E-state index is 0.164. The summed E-state index contributed by atoms with van der Waals surface area (Å²) in [5.41, 5.74) is 0.866. The van der Waals surface area contributed by atoms with Gasteiger partial charge in [-0.1, -0.05) is 41.4 Å². The Labute approximate surface area is 131 Å². The van der Waals surface area contributed by atoms with E-state index >= 15 is 0 Å². The van der Waals surface area contributed by atoms with Gasteiger partial charge in [0.15, 0.2) is 6.61 Å². The first-order valence-corrected chi connectivity index (χ1v) is 6.93. The lowest BCUT2D eigenvalue weighted by Gasteiger charge is -2.04. The predicted molar refractivity (Wildman–Crippen MR) is 80.5 cm³/mol. The van der Waals surface area contributed by atoms with Gasteiger partial charge in [0, 0.05) is 11.6 Å². The Morgan fingerprint density at radius 2 is 1.76 bits per heavy atom. The van der Waals surface area contributed by atoms with E-state index in [1.54, 1.807) is 18.2 Å². The molecule has 1 aromatic heterocycles. The third kappa shape index (κ3) is 3.35. The van der Waals surface area contributed by atoms with Crippen molar-refractivity contribution in [1.82, 2.24) is 10.2 Å². The molecule has 0 aliphatic rings. The van der Waals surface area contributed by atoms with Gasteiger partial charge < -0.3 is 9.15 Å². The minimum Gasteiger partial charge on any atom is -0.484 e. The second-order valence-corrected chi connectivity index (χ2v) is 5.05. The molecule has 21 heavy (non-hydrogen) atoms. The van der Waals surface area contributed by atoms with Crippen molar-refractivity contribution in [2.45, 2.75) is 6.61 Å². The first kappa shape index (κ1) is 13.9. The van der Waals surface area contributed by atoms with E-state index in [0.717, 1.165) is 5.56 Å². The monoisotopic (exact) mass is 320 g/mol. The number of halogens is 2. The number of hydrogen-bond acceptors (Lipinski definition) is 4. The lowest BCUT2D eigenvalue weighted by molar-refractivity contribution is 0.264. The van der Waals surface area contributed by atoms with Gasteiger partial charge in [-0.2, -0.15) is 0 Å². The zero-order chi connectivity index (χ0) is 14.7. The fourth-order valence-electron chi connectivity index (χ4n) is 1.72. The van der Waals surface area contributed by atoms with Crippen LogP contribution in [-0.2, 0) is 6.61 Å². The van der Waals surface area contributed by atoms with Crippen molar-refractivity contribution in [3.63, 3.8) is 0 Å². The molecule has 2 aromatic carbocycles. The number of aromatic nitrogens is 2. The Bertz CT molecular complexity index is 744. The fraction of sp³-hybridized carbons (Fsp3) is 0.0667. The molecule has 3 rings (SSSR count). The Balaban J connectivity index is 1.69. The second kappa shape index (κ2) is 6.16. The average molecular weight is 321 g/mol. The lowest BCUT2D eigenvalue weighted by atomic mass is 10.2. The molecule has 106 valence electrons. The highest BCUT2D eigenvalue weighted by Crippen LogP contribution is 2.27. The van der Waals surface area contributed by atoms with Crippen molar-refractivity contribution in [2.75, 3.05) is 0 Å². The SMILES string of the molecule is Clc1ccc(OCc2nnc(-c3ccccc3)o2)cc1Cl. The summed E-state index contributed by atoms with van der Waals surface area (Å²) in [4.78, 5) is 0. The molecule has 6 heteroatoms. The van der Waals surface area contributed by atoms with Crippen LogP contribution >= 0.6 is 23.2 Å². The van der Waals surface area contributed by atoms with Crippen molar-refractivity contribution < 1.29 is 9.15 Å². The van der Waals surface area contributed by atoms with Crippen molar-refractivity contribution in [2.24, 2.45) is 0 Å². The number of hydrogen-bond donors (Lipinski definition) is 0. The molecule has 0 unspecified atom stereocenters. The third-order valence-corrected chi connectivity index (χ3v) is 3.48. The maximum atomic E-state index is 5.92. The molecule has 1 heterocycles. The van der Waals surface area contributed by atoms with Gasteiger partial charge in [-0.05, 0) is 24.3 Å². The van der Waals surface area contributed by atoms with Crippen molar-refractivity contribution in [3.05, 3.63) is 64.5 Å². The van der Waals surface area contributed by atoms with Crippen LogP contribution in [0.3, 0.4) is 0 Å². The van der Waals surface area contributed by atoms with Gasteiger partial charge in [0.25, 0.3) is 5.89 Å². The van der Waals surface area contributed by atoms with Gasteiger partial charge in [-0.15, -0.1) is 10.2 Å². The summed E-state index contributed by atoms with van der Waals surface area (Å²) < 4.78 is 11.1. The van der Waals surface area contributed by atoms with E-state index < -0.39 is 0 Å². The smallest absolute Gasteiger partial charge is 0.254 e. The Morgan fingerprint density at radius 3 is 2.52 bits per heavy atom. The van der Waals surface area contributed by atoms with Crippen LogP contribution in [0.2, 0.25) is 10.0 Å². The van der Waals surface area contributed by atoms with Crippen LogP contribution in [0.4, 0.5) is 0 Å². The van der Waals surface area contributed by atoms with Gasteiger partial charge in [-0.3, -0.25) is 0 Å². The summed E-state index contributed by atoms with van der Waals surface area (Å²) in [6, 6.07) is 14.6. The average Bonchev–Trinajstić information content (AvgIpc) is 2.98. The summed E-state index contributed by atoms with van der Waals surface area (Å²) in [5.74, 6) is 1.44. The van der Waals surface area contributed by atoms with Crippen LogP contribution in [0.25, 0.3) is 11.5 Å². The molecule has 0 atom stereocenters. The molecule has 0 radical (unpaired) electrons. The van der Waals surface area contributed by atoms with Crippen LogP contribution < -0.4 is 4.74 Å². The quantitative estimate of drug-likeness (QED) is 0.703. The van der Waals surface area contributed by atoms with Gasteiger partial charge in [0.2, 0.25) is 5.89 Å². The summed E-state index contributed by atoms with van der Waals surface area (Å²) in [7, 11) is 0. The van der Waals surface area contributed by atoms with E-state index in [-0.39, 0.29) is 6.61 Å². The molecule has 0 aliphatic carbocycles. The number of ether oxygens (including phenoxy) is 1. The maximum Gasteiger partial charge on any atom is 0.254 e. The largest absolute Gasteiger partial charge is 0.484 e. The standard InChI is InChI=1S/C15H10Cl2N2O2/c16-12-7-6-11(8-13(12)17)20-9-14-18-19-15(21-14)10-4-2-1-3-5-10/h1-8H,9H2. The fourth-order valence-corrected chi connectivity index (χ4v) is 2.01. The molecule has 0 spiro atoms. The highest BCUT2D eigenvalue weighted by molar-refractivity contribution is 6.42. The molecule has 0 saturated heterocycles. The van der Waals surface area contributed by atoms with E-state index in [0.29, 0.717) is 27.6 Å². The second-order valence-electron chi connectivity index (χ2n) is 4.23. The van der Waals surface area contributed by atoms with Crippen LogP contribution in [0.5, 0.6) is 5.75 Å². The molecular formula is C15H10Cl2N2O2. The summed E-state index contributed by atoms with van der Waals surface area (Å²) in [6.07, 6.45) is 0. The highest BCUT2D eigenvalue weighted by Gasteiger charge is 2.09. The van der Waals surface area contributed by atoms with Gasteiger partial charge >= 0.3 is 0 Å². The first-order valence-electron chi connectivity index (χ1n) is 6.18. The molecule has 0 aliphatic heterocycles.